The predicted molar refractivity (Wildman–Crippen MR) is 149 cm³/mol. The van der Waals surface area contributed by atoms with Crippen LogP contribution in [-0.2, 0) is 17.6 Å². The minimum absolute atomic E-state index is 0.00868. The molecule has 1 saturated heterocycles. The number of alkyl halides is 3. The van der Waals surface area contributed by atoms with Crippen LogP contribution in [0, 0.1) is 5.92 Å². The number of halogens is 3. The Balaban J connectivity index is 1.30. The highest BCUT2D eigenvalue weighted by Gasteiger charge is 2.35. The second-order valence-electron chi connectivity index (χ2n) is 9.99. The van der Waals surface area contributed by atoms with E-state index in [1.165, 1.54) is 18.2 Å². The van der Waals surface area contributed by atoms with Gasteiger partial charge in [0.05, 0.1) is 17.5 Å². The number of hydrogen-bond acceptors (Lipinski definition) is 3. The summed E-state index contributed by atoms with van der Waals surface area (Å²) in [6.07, 6.45) is -3.68. The average molecular weight is 545 g/mol. The van der Waals surface area contributed by atoms with Crippen molar-refractivity contribution in [2.45, 2.75) is 31.2 Å². The van der Waals surface area contributed by atoms with Crippen molar-refractivity contribution < 1.29 is 22.7 Å². The molecule has 1 amide bonds. The van der Waals surface area contributed by atoms with Gasteiger partial charge in [-0.05, 0) is 53.3 Å². The topological polar surface area (TPSA) is 50.4 Å². The number of carbonyl (C=O) groups is 1. The van der Waals surface area contributed by atoms with Gasteiger partial charge in [-0.3, -0.25) is 4.79 Å². The van der Waals surface area contributed by atoms with E-state index in [1.54, 1.807) is 0 Å². The molecule has 2 atom stereocenters. The summed E-state index contributed by atoms with van der Waals surface area (Å²) in [5.41, 5.74) is 3.01. The fraction of sp³-hybridized carbons (Fsp3) is 0.242. The zero-order valence-electron chi connectivity index (χ0n) is 21.9. The predicted octanol–water partition coefficient (Wildman–Crippen LogP) is 6.88. The van der Waals surface area contributed by atoms with Gasteiger partial charge in [0.1, 0.15) is 12.4 Å². The van der Waals surface area contributed by atoms with Gasteiger partial charge >= 0.3 is 6.18 Å². The van der Waals surface area contributed by atoms with E-state index in [0.717, 1.165) is 41.3 Å². The van der Waals surface area contributed by atoms with Crippen LogP contribution in [0.2, 0.25) is 0 Å². The fourth-order valence-electron chi connectivity index (χ4n) is 5.28. The molecule has 7 heteroatoms. The number of para-hydroxylation sites is 1. The third kappa shape index (κ3) is 6.54. The second kappa shape index (κ2) is 12.4. The molecular weight excluding hydrogens is 513 g/mol. The van der Waals surface area contributed by atoms with Gasteiger partial charge in [-0.1, -0.05) is 97.1 Å². The third-order valence-electron chi connectivity index (χ3n) is 7.37. The Kier molecular flexibility index (Phi) is 8.51. The molecule has 4 aromatic rings. The Labute approximate surface area is 232 Å². The quantitative estimate of drug-likeness (QED) is 0.254. The highest BCUT2D eigenvalue weighted by atomic mass is 19.4. The van der Waals surface area contributed by atoms with Crippen molar-refractivity contribution in [3.63, 3.8) is 0 Å². The van der Waals surface area contributed by atoms with Crippen LogP contribution in [0.25, 0.3) is 0 Å². The van der Waals surface area contributed by atoms with Gasteiger partial charge in [-0.15, -0.1) is 0 Å². The molecule has 0 saturated carbocycles. The Morgan fingerprint density at radius 3 is 2.08 bits per heavy atom. The van der Waals surface area contributed by atoms with Gasteiger partial charge in [0.2, 0.25) is 5.91 Å². The van der Waals surface area contributed by atoms with Crippen LogP contribution in [0.15, 0.2) is 109 Å². The Hall–Kier alpha value is -4.10. The summed E-state index contributed by atoms with van der Waals surface area (Å²) in [5.74, 6) is -0.481. The van der Waals surface area contributed by atoms with E-state index >= 15 is 0 Å². The zero-order chi connectivity index (χ0) is 28.0. The summed E-state index contributed by atoms with van der Waals surface area (Å²) in [4.78, 5) is 13.7. The Morgan fingerprint density at radius 1 is 0.850 bits per heavy atom. The molecular formula is C33H31F3N2O2. The smallest absolute Gasteiger partial charge is 0.419 e. The monoisotopic (exact) mass is 544 g/mol. The summed E-state index contributed by atoms with van der Waals surface area (Å²) in [7, 11) is 0. The number of ether oxygens (including phenoxy) is 1. The largest absolute Gasteiger partial charge is 0.488 e. The number of benzene rings is 4. The molecule has 0 radical (unpaired) electrons. The lowest BCUT2D eigenvalue weighted by molar-refractivity contribution is -0.139. The van der Waals surface area contributed by atoms with Crippen molar-refractivity contribution in [1.82, 2.24) is 10.6 Å². The lowest BCUT2D eigenvalue weighted by Gasteiger charge is -2.33. The van der Waals surface area contributed by atoms with Gasteiger partial charge in [0, 0.05) is 6.54 Å². The molecule has 5 rings (SSSR count). The Bertz CT molecular complexity index is 1350. The summed E-state index contributed by atoms with van der Waals surface area (Å²) >= 11 is 0. The van der Waals surface area contributed by atoms with Crippen molar-refractivity contribution >= 4 is 5.91 Å². The van der Waals surface area contributed by atoms with Gasteiger partial charge in [-0.25, -0.2) is 0 Å². The van der Waals surface area contributed by atoms with Crippen molar-refractivity contribution in [3.05, 3.63) is 137 Å². The molecule has 4 nitrogen and oxygen atoms in total. The van der Waals surface area contributed by atoms with E-state index in [0.29, 0.717) is 6.54 Å². The van der Waals surface area contributed by atoms with Crippen LogP contribution < -0.4 is 15.4 Å². The molecule has 2 N–H and O–H groups in total. The van der Waals surface area contributed by atoms with Gasteiger partial charge in [0.15, 0.2) is 0 Å². The van der Waals surface area contributed by atoms with Crippen LogP contribution in [-0.4, -0.2) is 19.0 Å². The average Bonchev–Trinajstić information content (AvgIpc) is 2.99. The van der Waals surface area contributed by atoms with Crippen LogP contribution in [0.5, 0.6) is 5.75 Å². The molecule has 0 aliphatic carbocycles. The lowest BCUT2D eigenvalue weighted by atomic mass is 9.80. The van der Waals surface area contributed by atoms with Crippen molar-refractivity contribution in [1.29, 1.82) is 0 Å². The van der Waals surface area contributed by atoms with Crippen molar-refractivity contribution in [3.8, 4) is 5.75 Å². The normalized spacial score (nSPS) is 17.4. The molecule has 40 heavy (non-hydrogen) atoms. The maximum atomic E-state index is 13.7. The first-order valence-corrected chi connectivity index (χ1v) is 13.4. The van der Waals surface area contributed by atoms with Gasteiger partial charge in [0.25, 0.3) is 0 Å². The van der Waals surface area contributed by atoms with E-state index in [9.17, 15) is 18.0 Å². The summed E-state index contributed by atoms with van der Waals surface area (Å²) in [6, 6.07) is 32.4. The number of hydrogen-bond donors (Lipinski definition) is 2. The van der Waals surface area contributed by atoms with Crippen LogP contribution in [0.3, 0.4) is 0 Å². The summed E-state index contributed by atoms with van der Waals surface area (Å²) < 4.78 is 45.4. The van der Waals surface area contributed by atoms with E-state index < -0.39 is 11.7 Å². The zero-order valence-corrected chi connectivity index (χ0v) is 21.9. The van der Waals surface area contributed by atoms with E-state index in [2.05, 4.69) is 10.6 Å². The molecule has 4 aromatic carbocycles. The maximum Gasteiger partial charge on any atom is 0.419 e. The first-order valence-electron chi connectivity index (χ1n) is 13.4. The number of carbonyl (C=O) groups excluding carboxylic acids is 1. The van der Waals surface area contributed by atoms with Crippen molar-refractivity contribution in [2.75, 3.05) is 13.1 Å². The number of amides is 1. The van der Waals surface area contributed by atoms with Crippen LogP contribution in [0.1, 0.15) is 46.2 Å². The van der Waals surface area contributed by atoms with Crippen molar-refractivity contribution in [2.24, 2.45) is 5.92 Å². The molecule has 1 aliphatic heterocycles. The molecule has 0 aromatic heterocycles. The first kappa shape index (κ1) is 27.5. The van der Waals surface area contributed by atoms with Gasteiger partial charge in [-0.2, -0.15) is 13.2 Å². The summed E-state index contributed by atoms with van der Waals surface area (Å²) in [6.45, 7) is 1.37. The molecule has 0 spiro atoms. The molecule has 206 valence electrons. The maximum absolute atomic E-state index is 13.7. The number of piperidine rings is 1. The number of nitrogens with one attached hydrogen (secondary N) is 2. The third-order valence-corrected chi connectivity index (χ3v) is 7.37. The van der Waals surface area contributed by atoms with E-state index in [1.807, 2.05) is 84.9 Å². The summed E-state index contributed by atoms with van der Waals surface area (Å²) in [5, 5.41) is 6.66. The minimum atomic E-state index is -4.48. The highest BCUT2D eigenvalue weighted by molar-refractivity contribution is 5.81. The molecule has 0 bridgehead atoms. The highest BCUT2D eigenvalue weighted by Crippen LogP contribution is 2.36. The molecule has 1 fully saturated rings. The van der Waals surface area contributed by atoms with E-state index in [4.69, 9.17) is 4.74 Å². The van der Waals surface area contributed by atoms with Crippen LogP contribution >= 0.6 is 0 Å². The van der Waals surface area contributed by atoms with Gasteiger partial charge < -0.3 is 15.4 Å². The fourth-order valence-corrected chi connectivity index (χ4v) is 5.28. The number of rotatable bonds is 8. The Morgan fingerprint density at radius 2 is 1.45 bits per heavy atom. The SMILES string of the molecule is O=C(NC(c1ccccc1)c1ccccc1)C1CNCCC1c1ccc(COc2ccccc2C(F)(F)F)cc1. The second-order valence-corrected chi connectivity index (χ2v) is 9.99. The van der Waals surface area contributed by atoms with E-state index in [-0.39, 0.29) is 36.1 Å². The molecule has 2 unspecified atom stereocenters. The first-order chi connectivity index (χ1) is 19.4. The lowest BCUT2D eigenvalue weighted by Crippen LogP contribution is -2.45. The standard InChI is InChI=1S/C33H31F3N2O2/c34-33(35,36)29-13-7-8-14-30(29)40-22-23-15-17-24(18-16-23)27-19-20-37-21-28(27)32(39)38-31(25-9-3-1-4-10-25)26-11-5-2-6-12-26/h1-18,27-28,31,37H,19-22H2,(H,38,39). The molecule has 1 heterocycles. The minimum Gasteiger partial charge on any atom is -0.488 e. The van der Waals surface area contributed by atoms with Crippen LogP contribution in [0.4, 0.5) is 13.2 Å². The molecule has 1 aliphatic rings.